The van der Waals surface area contributed by atoms with Gasteiger partial charge in [0.2, 0.25) is 0 Å². The molecule has 2 atom stereocenters. The van der Waals surface area contributed by atoms with Crippen molar-refractivity contribution in [3.8, 4) is 0 Å². The fourth-order valence-corrected chi connectivity index (χ4v) is 2.69. The van der Waals surface area contributed by atoms with Crippen LogP contribution in [-0.2, 0) is 19.1 Å². The minimum absolute atomic E-state index is 0.153. The second-order valence-corrected chi connectivity index (χ2v) is 6.45. The quantitative estimate of drug-likeness (QED) is 0.345. The second kappa shape index (κ2) is 13.8. The molecule has 0 saturated carbocycles. The van der Waals surface area contributed by atoms with Gasteiger partial charge < -0.3 is 14.9 Å². The molecule has 24 heavy (non-hydrogen) atoms. The number of carboxylic acid groups (broad SMARTS) is 2. The molecule has 0 radical (unpaired) electrons. The van der Waals surface area contributed by atoms with Gasteiger partial charge in [0.1, 0.15) is 0 Å². The third-order valence-corrected chi connectivity index (χ3v) is 4.32. The van der Waals surface area contributed by atoms with Gasteiger partial charge in [0, 0.05) is 6.42 Å². The topological polar surface area (TPSA) is 101 Å². The molecule has 0 amide bonds. The molecule has 0 rings (SSSR count). The highest BCUT2D eigenvalue weighted by Gasteiger charge is 2.23. The summed E-state index contributed by atoms with van der Waals surface area (Å²) in [6.07, 6.45) is 9.35. The molecule has 0 fully saturated rings. The van der Waals surface area contributed by atoms with Crippen LogP contribution in [-0.4, -0.2) is 35.2 Å². The summed E-state index contributed by atoms with van der Waals surface area (Å²) < 4.78 is 4.58. The van der Waals surface area contributed by atoms with Crippen LogP contribution >= 0.6 is 0 Å². The molecule has 0 aromatic carbocycles. The zero-order valence-electron chi connectivity index (χ0n) is 15.0. The molecular weight excluding hydrogens is 312 g/mol. The molecule has 6 heteroatoms. The summed E-state index contributed by atoms with van der Waals surface area (Å²) in [5.41, 5.74) is 0. The highest BCUT2D eigenvalue weighted by atomic mass is 16.5. The summed E-state index contributed by atoms with van der Waals surface area (Å²) in [5, 5.41) is 18.0. The normalized spacial score (nSPS) is 13.2. The second-order valence-electron chi connectivity index (χ2n) is 6.45. The minimum Gasteiger partial charge on any atom is -0.481 e. The average molecular weight is 344 g/mol. The van der Waals surface area contributed by atoms with Crippen LogP contribution in [0, 0.1) is 11.8 Å². The molecule has 0 spiro atoms. The highest BCUT2D eigenvalue weighted by Crippen LogP contribution is 2.20. The van der Waals surface area contributed by atoms with Gasteiger partial charge in [-0.1, -0.05) is 51.9 Å². The van der Waals surface area contributed by atoms with Crippen molar-refractivity contribution in [2.45, 2.75) is 77.6 Å². The van der Waals surface area contributed by atoms with Crippen LogP contribution in [0.1, 0.15) is 77.6 Å². The van der Waals surface area contributed by atoms with E-state index in [0.29, 0.717) is 12.8 Å². The first kappa shape index (κ1) is 22.4. The van der Waals surface area contributed by atoms with Crippen LogP contribution in [0.15, 0.2) is 0 Å². The standard InChI is InChI=1S/C18H32O6/c1-14(17(20)21)13-15(18(22)23)11-9-7-5-3-4-6-8-10-12-16(19)24-2/h14-15H,3-13H2,1-2H3,(H,20,21)(H,22,23). The van der Waals surface area contributed by atoms with Crippen LogP contribution in [0.25, 0.3) is 0 Å². The smallest absolute Gasteiger partial charge is 0.306 e. The summed E-state index contributed by atoms with van der Waals surface area (Å²) in [5.74, 6) is -3.16. The molecule has 0 aromatic heterocycles. The number of hydrogen-bond donors (Lipinski definition) is 2. The van der Waals surface area contributed by atoms with E-state index in [1.165, 1.54) is 7.11 Å². The molecule has 140 valence electrons. The van der Waals surface area contributed by atoms with Crippen molar-refractivity contribution in [3.05, 3.63) is 0 Å². The predicted molar refractivity (Wildman–Crippen MR) is 90.7 cm³/mol. The summed E-state index contributed by atoms with van der Waals surface area (Å²) in [6, 6.07) is 0. The molecule has 2 unspecified atom stereocenters. The van der Waals surface area contributed by atoms with E-state index in [2.05, 4.69) is 4.74 Å². The molecule has 6 nitrogen and oxygen atoms in total. The Morgan fingerprint density at radius 1 is 0.833 bits per heavy atom. The van der Waals surface area contributed by atoms with Crippen LogP contribution in [0.5, 0.6) is 0 Å². The molecule has 0 aliphatic rings. The molecule has 2 N–H and O–H groups in total. The number of hydrogen-bond acceptors (Lipinski definition) is 4. The lowest BCUT2D eigenvalue weighted by Crippen LogP contribution is -2.21. The monoisotopic (exact) mass is 344 g/mol. The molecule has 0 heterocycles. The first-order valence-electron chi connectivity index (χ1n) is 8.90. The third-order valence-electron chi connectivity index (χ3n) is 4.32. The summed E-state index contributed by atoms with van der Waals surface area (Å²) >= 11 is 0. The van der Waals surface area contributed by atoms with Gasteiger partial charge in [0.05, 0.1) is 18.9 Å². The Bertz CT molecular complexity index is 380. The maximum atomic E-state index is 11.2. The van der Waals surface area contributed by atoms with Crippen molar-refractivity contribution < 1.29 is 29.3 Å². The summed E-state index contributed by atoms with van der Waals surface area (Å²) in [4.78, 5) is 32.9. The van der Waals surface area contributed by atoms with Crippen LogP contribution < -0.4 is 0 Å². The van der Waals surface area contributed by atoms with Crippen molar-refractivity contribution in [3.63, 3.8) is 0 Å². The van der Waals surface area contributed by atoms with Crippen LogP contribution in [0.3, 0.4) is 0 Å². The molecule has 0 aliphatic carbocycles. The van der Waals surface area contributed by atoms with Gasteiger partial charge in [0.25, 0.3) is 0 Å². The van der Waals surface area contributed by atoms with Gasteiger partial charge in [0.15, 0.2) is 0 Å². The van der Waals surface area contributed by atoms with Gasteiger partial charge in [-0.05, 0) is 19.3 Å². The SMILES string of the molecule is COC(=O)CCCCCCCCCCC(CC(C)C(=O)O)C(=O)O. The Hall–Kier alpha value is -1.59. The zero-order valence-corrected chi connectivity index (χ0v) is 15.0. The number of carbonyl (C=O) groups is 3. The van der Waals surface area contributed by atoms with E-state index in [9.17, 15) is 14.4 Å². The van der Waals surface area contributed by atoms with Crippen LogP contribution in [0.2, 0.25) is 0 Å². The number of carboxylic acids is 2. The van der Waals surface area contributed by atoms with Gasteiger partial charge in [-0.15, -0.1) is 0 Å². The molecule has 0 aromatic rings. The van der Waals surface area contributed by atoms with Gasteiger partial charge in [-0.2, -0.15) is 0 Å². The van der Waals surface area contributed by atoms with Crippen molar-refractivity contribution >= 4 is 17.9 Å². The number of ether oxygens (including phenoxy) is 1. The Morgan fingerprint density at radius 3 is 1.79 bits per heavy atom. The van der Waals surface area contributed by atoms with E-state index in [-0.39, 0.29) is 12.4 Å². The van der Waals surface area contributed by atoms with Crippen molar-refractivity contribution in [2.75, 3.05) is 7.11 Å². The number of rotatable bonds is 15. The van der Waals surface area contributed by atoms with Gasteiger partial charge >= 0.3 is 17.9 Å². The zero-order chi connectivity index (χ0) is 18.4. The minimum atomic E-state index is -0.937. The Kier molecular flexibility index (Phi) is 12.9. The maximum Gasteiger partial charge on any atom is 0.306 e. The molecule has 0 aliphatic heterocycles. The van der Waals surface area contributed by atoms with Gasteiger partial charge in [-0.25, -0.2) is 0 Å². The van der Waals surface area contributed by atoms with E-state index in [0.717, 1.165) is 51.4 Å². The fraction of sp³-hybridized carbons (Fsp3) is 0.833. The fourth-order valence-electron chi connectivity index (χ4n) is 2.69. The first-order chi connectivity index (χ1) is 11.4. The van der Waals surface area contributed by atoms with Crippen molar-refractivity contribution in [1.29, 1.82) is 0 Å². The van der Waals surface area contributed by atoms with Crippen LogP contribution in [0.4, 0.5) is 0 Å². The number of carbonyl (C=O) groups excluding carboxylic acids is 1. The number of esters is 1. The number of aliphatic carboxylic acids is 2. The average Bonchev–Trinajstić information content (AvgIpc) is 2.54. The lowest BCUT2D eigenvalue weighted by atomic mass is 9.91. The lowest BCUT2D eigenvalue weighted by Gasteiger charge is -2.14. The van der Waals surface area contributed by atoms with Crippen molar-refractivity contribution in [1.82, 2.24) is 0 Å². The van der Waals surface area contributed by atoms with E-state index in [1.807, 2.05) is 0 Å². The number of methoxy groups -OCH3 is 1. The molecule has 0 saturated heterocycles. The largest absolute Gasteiger partial charge is 0.481 e. The van der Waals surface area contributed by atoms with E-state index in [4.69, 9.17) is 10.2 Å². The van der Waals surface area contributed by atoms with E-state index >= 15 is 0 Å². The summed E-state index contributed by atoms with van der Waals surface area (Å²) in [6.45, 7) is 1.55. The maximum absolute atomic E-state index is 11.2. The van der Waals surface area contributed by atoms with Gasteiger partial charge in [-0.3, -0.25) is 14.4 Å². The first-order valence-corrected chi connectivity index (χ1v) is 8.90. The molecular formula is C18H32O6. The Balaban J connectivity index is 3.60. The Morgan fingerprint density at radius 2 is 1.33 bits per heavy atom. The predicted octanol–water partition coefficient (Wildman–Crippen LogP) is 3.87. The Labute approximate surface area is 144 Å². The molecule has 0 bridgehead atoms. The number of unbranched alkanes of at least 4 members (excludes halogenated alkanes) is 7. The highest BCUT2D eigenvalue weighted by molar-refractivity contribution is 5.73. The lowest BCUT2D eigenvalue weighted by molar-refractivity contribution is -0.145. The van der Waals surface area contributed by atoms with Crippen molar-refractivity contribution in [2.24, 2.45) is 11.8 Å². The summed E-state index contributed by atoms with van der Waals surface area (Å²) in [7, 11) is 1.40. The van der Waals surface area contributed by atoms with E-state index in [1.54, 1.807) is 6.92 Å². The van der Waals surface area contributed by atoms with E-state index < -0.39 is 23.8 Å². The third kappa shape index (κ3) is 11.9.